The first-order valence-corrected chi connectivity index (χ1v) is 2.54. The maximum Gasteiger partial charge on any atom is 0.292 e. The van der Waals surface area contributed by atoms with Crippen LogP contribution in [0.3, 0.4) is 0 Å². The highest BCUT2D eigenvalue weighted by Crippen LogP contribution is 2.06. The standard InChI is InChI=1S/C7H5NO.H2S/c8-6-9-7-4-2-1-3-5-7;/h1-5H;1H2. The topological polar surface area (TPSA) is 33.0 Å². The predicted octanol–water partition coefficient (Wildman–Crippen LogP) is 1.66. The van der Waals surface area contributed by atoms with Crippen molar-refractivity contribution in [2.24, 2.45) is 0 Å². The van der Waals surface area contributed by atoms with Crippen molar-refractivity contribution in [3.8, 4) is 12.0 Å². The average Bonchev–Trinajstić information content (AvgIpc) is 1.91. The van der Waals surface area contributed by atoms with Crippen LogP contribution in [0.1, 0.15) is 0 Å². The minimum absolute atomic E-state index is 0. The third kappa shape index (κ3) is 2.42. The van der Waals surface area contributed by atoms with E-state index in [0.717, 1.165) is 0 Å². The van der Waals surface area contributed by atoms with Crippen LogP contribution >= 0.6 is 13.5 Å². The highest BCUT2D eigenvalue weighted by Gasteiger charge is 1.84. The summed E-state index contributed by atoms with van der Waals surface area (Å²) in [7, 11) is 0. The van der Waals surface area contributed by atoms with Crippen LogP contribution in [0.2, 0.25) is 0 Å². The quantitative estimate of drug-likeness (QED) is 0.575. The molecule has 2 nitrogen and oxygen atoms in total. The molecule has 0 saturated carbocycles. The molecule has 0 bridgehead atoms. The third-order valence-electron chi connectivity index (χ3n) is 0.907. The lowest BCUT2D eigenvalue weighted by atomic mass is 10.3. The molecule has 0 aliphatic heterocycles. The van der Waals surface area contributed by atoms with Gasteiger partial charge in [-0.3, -0.25) is 0 Å². The smallest absolute Gasteiger partial charge is 0.292 e. The van der Waals surface area contributed by atoms with Crippen LogP contribution < -0.4 is 4.74 Å². The highest BCUT2D eigenvalue weighted by atomic mass is 32.1. The summed E-state index contributed by atoms with van der Waals surface area (Å²) >= 11 is 0. The van der Waals surface area contributed by atoms with Crippen LogP contribution in [0.4, 0.5) is 0 Å². The monoisotopic (exact) mass is 153 g/mol. The Labute approximate surface area is 66.5 Å². The van der Waals surface area contributed by atoms with Gasteiger partial charge in [-0.05, 0) is 12.1 Å². The summed E-state index contributed by atoms with van der Waals surface area (Å²) in [6.07, 6.45) is 1.58. The van der Waals surface area contributed by atoms with E-state index in [2.05, 4.69) is 4.74 Å². The van der Waals surface area contributed by atoms with Gasteiger partial charge < -0.3 is 4.74 Å². The van der Waals surface area contributed by atoms with Crippen molar-refractivity contribution in [2.75, 3.05) is 0 Å². The first-order valence-electron chi connectivity index (χ1n) is 2.54. The summed E-state index contributed by atoms with van der Waals surface area (Å²) in [6.45, 7) is 0. The van der Waals surface area contributed by atoms with Crippen molar-refractivity contribution in [2.45, 2.75) is 0 Å². The molecule has 10 heavy (non-hydrogen) atoms. The molecule has 0 N–H and O–H groups in total. The van der Waals surface area contributed by atoms with Gasteiger partial charge in [0.1, 0.15) is 5.75 Å². The van der Waals surface area contributed by atoms with Crippen molar-refractivity contribution >= 4 is 13.5 Å². The second-order valence-corrected chi connectivity index (χ2v) is 1.51. The van der Waals surface area contributed by atoms with Crippen molar-refractivity contribution in [1.29, 1.82) is 5.26 Å². The summed E-state index contributed by atoms with van der Waals surface area (Å²) in [5.74, 6) is 0.583. The van der Waals surface area contributed by atoms with Crippen LogP contribution in [0.25, 0.3) is 0 Å². The first-order chi connectivity index (χ1) is 4.43. The number of nitrogens with zero attached hydrogens (tertiary/aromatic N) is 1. The van der Waals surface area contributed by atoms with E-state index in [4.69, 9.17) is 5.26 Å². The molecule has 0 unspecified atom stereocenters. The number of ether oxygens (including phenoxy) is 1. The molecule has 0 spiro atoms. The van der Waals surface area contributed by atoms with E-state index >= 15 is 0 Å². The summed E-state index contributed by atoms with van der Waals surface area (Å²) in [5.41, 5.74) is 0. The Balaban J connectivity index is 0.000000810. The van der Waals surface area contributed by atoms with E-state index in [-0.39, 0.29) is 13.5 Å². The fourth-order valence-corrected chi connectivity index (χ4v) is 0.541. The molecular weight excluding hydrogens is 146 g/mol. The molecule has 0 radical (unpaired) electrons. The molecule has 0 heterocycles. The normalized spacial score (nSPS) is 7.10. The maximum absolute atomic E-state index is 8.05. The van der Waals surface area contributed by atoms with Gasteiger partial charge in [0.15, 0.2) is 0 Å². The number of hydrogen-bond acceptors (Lipinski definition) is 2. The van der Waals surface area contributed by atoms with E-state index < -0.39 is 0 Å². The zero-order valence-electron chi connectivity index (χ0n) is 5.24. The predicted molar refractivity (Wildman–Crippen MR) is 43.1 cm³/mol. The molecule has 3 heteroatoms. The van der Waals surface area contributed by atoms with Crippen molar-refractivity contribution in [1.82, 2.24) is 0 Å². The minimum Gasteiger partial charge on any atom is -0.388 e. The zero-order chi connectivity index (χ0) is 6.53. The highest BCUT2D eigenvalue weighted by molar-refractivity contribution is 7.59. The average molecular weight is 153 g/mol. The van der Waals surface area contributed by atoms with Gasteiger partial charge in [0.25, 0.3) is 6.26 Å². The number of nitriles is 1. The molecule has 0 saturated heterocycles. The zero-order valence-corrected chi connectivity index (χ0v) is 6.24. The van der Waals surface area contributed by atoms with Crippen LogP contribution in [0.15, 0.2) is 30.3 Å². The van der Waals surface area contributed by atoms with Crippen LogP contribution in [0, 0.1) is 11.5 Å². The lowest BCUT2D eigenvalue weighted by molar-refractivity contribution is 0.507. The van der Waals surface area contributed by atoms with E-state index in [0.29, 0.717) is 5.75 Å². The Bertz CT molecular complexity index is 217. The first kappa shape index (κ1) is 8.86. The van der Waals surface area contributed by atoms with Crippen molar-refractivity contribution in [3.63, 3.8) is 0 Å². The number of para-hydroxylation sites is 1. The van der Waals surface area contributed by atoms with E-state index in [9.17, 15) is 0 Å². The van der Waals surface area contributed by atoms with E-state index in [1.807, 2.05) is 18.2 Å². The summed E-state index contributed by atoms with van der Waals surface area (Å²) in [6, 6.07) is 8.94. The van der Waals surface area contributed by atoms with Crippen LogP contribution in [0.5, 0.6) is 5.75 Å². The van der Waals surface area contributed by atoms with Gasteiger partial charge in [-0.1, -0.05) is 18.2 Å². The second-order valence-electron chi connectivity index (χ2n) is 1.51. The molecule has 52 valence electrons. The molecule has 0 amide bonds. The third-order valence-corrected chi connectivity index (χ3v) is 0.907. The van der Waals surface area contributed by atoms with Gasteiger partial charge in [-0.2, -0.15) is 13.5 Å². The Morgan fingerprint density at radius 1 is 1.20 bits per heavy atom. The van der Waals surface area contributed by atoms with E-state index in [1.54, 1.807) is 18.4 Å². The van der Waals surface area contributed by atoms with Gasteiger partial charge >= 0.3 is 0 Å². The van der Waals surface area contributed by atoms with Gasteiger partial charge in [0.2, 0.25) is 0 Å². The lowest BCUT2D eigenvalue weighted by Crippen LogP contribution is -1.78. The molecule has 0 aromatic heterocycles. The fourth-order valence-electron chi connectivity index (χ4n) is 0.541. The van der Waals surface area contributed by atoms with Crippen LogP contribution in [-0.4, -0.2) is 0 Å². The molecular formula is C7H7NOS. The van der Waals surface area contributed by atoms with Crippen molar-refractivity contribution < 1.29 is 4.74 Å². The Hall–Kier alpha value is -1.14. The van der Waals surface area contributed by atoms with Gasteiger partial charge in [0.05, 0.1) is 0 Å². The van der Waals surface area contributed by atoms with Gasteiger partial charge in [-0.15, -0.1) is 5.26 Å². The Morgan fingerprint density at radius 2 is 1.80 bits per heavy atom. The van der Waals surface area contributed by atoms with Gasteiger partial charge in [-0.25, -0.2) is 0 Å². The molecule has 0 aliphatic carbocycles. The minimum atomic E-state index is 0. The van der Waals surface area contributed by atoms with E-state index in [1.165, 1.54) is 0 Å². The molecule has 1 aromatic rings. The van der Waals surface area contributed by atoms with Gasteiger partial charge in [0, 0.05) is 0 Å². The second kappa shape index (κ2) is 4.71. The number of hydrogen-bond donors (Lipinski definition) is 0. The lowest BCUT2D eigenvalue weighted by Gasteiger charge is -1.89. The molecule has 1 aromatic carbocycles. The Kier molecular flexibility index (Phi) is 4.17. The molecule has 1 rings (SSSR count). The molecule has 0 aliphatic rings. The number of benzene rings is 1. The molecule has 0 atom stereocenters. The Morgan fingerprint density at radius 3 is 2.30 bits per heavy atom. The maximum atomic E-state index is 8.05. The summed E-state index contributed by atoms with van der Waals surface area (Å²) < 4.78 is 4.51. The van der Waals surface area contributed by atoms with Crippen molar-refractivity contribution in [3.05, 3.63) is 30.3 Å². The molecule has 0 fully saturated rings. The summed E-state index contributed by atoms with van der Waals surface area (Å²) in [5, 5.41) is 8.05. The fraction of sp³-hybridized carbons (Fsp3) is 0. The number of rotatable bonds is 1. The summed E-state index contributed by atoms with van der Waals surface area (Å²) in [4.78, 5) is 0. The van der Waals surface area contributed by atoms with Crippen LogP contribution in [-0.2, 0) is 0 Å². The largest absolute Gasteiger partial charge is 0.388 e. The SMILES string of the molecule is N#COc1ccccc1.S.